The number of carbonyl (C=O) groups is 1. The lowest BCUT2D eigenvalue weighted by molar-refractivity contribution is 0.0685. The van der Waals surface area contributed by atoms with Gasteiger partial charge in [0.25, 0.3) is 0 Å². The molecule has 0 unspecified atom stereocenters. The Labute approximate surface area is 96.4 Å². The van der Waals surface area contributed by atoms with Crippen molar-refractivity contribution in [3.8, 4) is 0 Å². The molecule has 5 heteroatoms. The Morgan fingerprint density at radius 2 is 2.25 bits per heavy atom. The van der Waals surface area contributed by atoms with E-state index in [0.29, 0.717) is 17.2 Å². The molecule has 2 rings (SSSR count). The van der Waals surface area contributed by atoms with Gasteiger partial charge in [-0.2, -0.15) is 0 Å². The SMILES string of the molecule is O=C(O)c1cc(Cc2cccc(Cl)c2)on1. The van der Waals surface area contributed by atoms with Gasteiger partial charge in [0.1, 0.15) is 5.76 Å². The zero-order chi connectivity index (χ0) is 11.5. The summed E-state index contributed by atoms with van der Waals surface area (Å²) in [4.78, 5) is 10.6. The van der Waals surface area contributed by atoms with Gasteiger partial charge < -0.3 is 9.63 Å². The number of carboxylic acids is 1. The highest BCUT2D eigenvalue weighted by Crippen LogP contribution is 2.15. The first-order chi connectivity index (χ1) is 7.65. The first-order valence-electron chi connectivity index (χ1n) is 4.58. The van der Waals surface area contributed by atoms with E-state index in [9.17, 15) is 4.79 Å². The summed E-state index contributed by atoms with van der Waals surface area (Å²) in [5.41, 5.74) is 0.859. The summed E-state index contributed by atoms with van der Waals surface area (Å²) in [6, 6.07) is 8.68. The number of nitrogens with zero attached hydrogens (tertiary/aromatic N) is 1. The third-order valence-electron chi connectivity index (χ3n) is 2.05. The smallest absolute Gasteiger partial charge is 0.358 e. The molecule has 0 aliphatic carbocycles. The maximum Gasteiger partial charge on any atom is 0.358 e. The van der Waals surface area contributed by atoms with Crippen molar-refractivity contribution in [2.45, 2.75) is 6.42 Å². The van der Waals surface area contributed by atoms with Crippen molar-refractivity contribution < 1.29 is 14.4 Å². The van der Waals surface area contributed by atoms with Crippen molar-refractivity contribution in [1.29, 1.82) is 0 Å². The fraction of sp³-hybridized carbons (Fsp3) is 0.0909. The average Bonchev–Trinajstić information content (AvgIpc) is 2.66. The monoisotopic (exact) mass is 237 g/mol. The van der Waals surface area contributed by atoms with E-state index in [-0.39, 0.29) is 5.69 Å². The quantitative estimate of drug-likeness (QED) is 0.891. The van der Waals surface area contributed by atoms with Crippen LogP contribution in [0.3, 0.4) is 0 Å². The summed E-state index contributed by atoms with van der Waals surface area (Å²) in [5, 5.41) is 12.7. The molecule has 0 atom stereocenters. The van der Waals surface area contributed by atoms with Crippen molar-refractivity contribution >= 4 is 17.6 Å². The topological polar surface area (TPSA) is 63.3 Å². The summed E-state index contributed by atoms with van der Waals surface area (Å²) in [7, 11) is 0. The summed E-state index contributed by atoms with van der Waals surface area (Å²) < 4.78 is 4.90. The molecule has 0 aliphatic heterocycles. The van der Waals surface area contributed by atoms with Crippen LogP contribution in [0.25, 0.3) is 0 Å². The second kappa shape index (κ2) is 4.37. The molecule has 0 radical (unpaired) electrons. The summed E-state index contributed by atoms with van der Waals surface area (Å²) in [6.45, 7) is 0. The van der Waals surface area contributed by atoms with Gasteiger partial charge in [-0.3, -0.25) is 0 Å². The third kappa shape index (κ3) is 2.41. The predicted molar refractivity (Wildman–Crippen MR) is 57.7 cm³/mol. The minimum atomic E-state index is -1.10. The summed E-state index contributed by atoms with van der Waals surface area (Å²) >= 11 is 5.83. The van der Waals surface area contributed by atoms with E-state index in [4.69, 9.17) is 21.2 Å². The molecule has 16 heavy (non-hydrogen) atoms. The van der Waals surface area contributed by atoms with Gasteiger partial charge in [-0.15, -0.1) is 0 Å². The molecule has 0 aliphatic rings. The third-order valence-corrected chi connectivity index (χ3v) is 2.28. The van der Waals surface area contributed by atoms with Crippen LogP contribution in [0.1, 0.15) is 21.8 Å². The first-order valence-corrected chi connectivity index (χ1v) is 4.96. The standard InChI is InChI=1S/C11H8ClNO3/c12-8-3-1-2-7(4-8)5-9-6-10(11(14)15)13-16-9/h1-4,6H,5H2,(H,14,15). The molecule has 1 aromatic heterocycles. The maximum absolute atomic E-state index is 10.6. The van der Waals surface area contributed by atoms with Gasteiger partial charge in [-0.05, 0) is 17.7 Å². The van der Waals surface area contributed by atoms with Crippen LogP contribution in [0, 0.1) is 0 Å². The number of hydrogen-bond acceptors (Lipinski definition) is 3. The van der Waals surface area contributed by atoms with Crippen molar-refractivity contribution in [3.05, 3.63) is 52.4 Å². The molecule has 1 N–H and O–H groups in total. The van der Waals surface area contributed by atoms with Gasteiger partial charge >= 0.3 is 5.97 Å². The number of benzene rings is 1. The molecule has 0 fully saturated rings. The Morgan fingerprint density at radius 1 is 1.44 bits per heavy atom. The first kappa shape index (κ1) is 10.7. The maximum atomic E-state index is 10.6. The summed E-state index contributed by atoms with van der Waals surface area (Å²) in [5.74, 6) is -0.597. The van der Waals surface area contributed by atoms with E-state index in [1.54, 1.807) is 12.1 Å². The van der Waals surface area contributed by atoms with E-state index < -0.39 is 5.97 Å². The van der Waals surface area contributed by atoms with Gasteiger partial charge in [0, 0.05) is 17.5 Å². The second-order valence-electron chi connectivity index (χ2n) is 3.29. The Kier molecular flexibility index (Phi) is 2.92. The van der Waals surface area contributed by atoms with Gasteiger partial charge in [-0.25, -0.2) is 4.79 Å². The molecule has 0 bridgehead atoms. The van der Waals surface area contributed by atoms with Gasteiger partial charge in [0.15, 0.2) is 5.69 Å². The lowest BCUT2D eigenvalue weighted by Gasteiger charge is -1.97. The molecule has 0 spiro atoms. The number of halogens is 1. The number of aromatic carboxylic acids is 1. The second-order valence-corrected chi connectivity index (χ2v) is 3.73. The van der Waals surface area contributed by atoms with Crippen molar-refractivity contribution in [2.75, 3.05) is 0 Å². The largest absolute Gasteiger partial charge is 0.476 e. The number of carboxylic acid groups (broad SMARTS) is 1. The Morgan fingerprint density at radius 3 is 2.88 bits per heavy atom. The van der Waals surface area contributed by atoms with Crippen LogP contribution in [0.4, 0.5) is 0 Å². The lowest BCUT2D eigenvalue weighted by atomic mass is 10.1. The van der Waals surface area contributed by atoms with Crippen LogP contribution < -0.4 is 0 Å². The fourth-order valence-electron chi connectivity index (χ4n) is 1.35. The highest BCUT2D eigenvalue weighted by atomic mass is 35.5. The van der Waals surface area contributed by atoms with Crippen LogP contribution >= 0.6 is 11.6 Å². The van der Waals surface area contributed by atoms with Gasteiger partial charge in [0.2, 0.25) is 0 Å². The van der Waals surface area contributed by atoms with Crippen molar-refractivity contribution in [2.24, 2.45) is 0 Å². The molecule has 0 saturated heterocycles. The highest BCUT2D eigenvalue weighted by molar-refractivity contribution is 6.30. The van der Waals surface area contributed by atoms with E-state index in [1.165, 1.54) is 6.07 Å². The normalized spacial score (nSPS) is 10.3. The van der Waals surface area contributed by atoms with E-state index >= 15 is 0 Å². The number of hydrogen-bond donors (Lipinski definition) is 1. The van der Waals surface area contributed by atoms with E-state index in [1.807, 2.05) is 12.1 Å². The average molecular weight is 238 g/mol. The minimum Gasteiger partial charge on any atom is -0.476 e. The minimum absolute atomic E-state index is 0.0861. The van der Waals surface area contributed by atoms with Crippen LogP contribution in [0.2, 0.25) is 5.02 Å². The van der Waals surface area contributed by atoms with Gasteiger partial charge in [-0.1, -0.05) is 28.9 Å². The molecule has 0 amide bonds. The molecule has 4 nitrogen and oxygen atoms in total. The highest BCUT2D eigenvalue weighted by Gasteiger charge is 2.10. The molecule has 2 aromatic rings. The molecule has 1 heterocycles. The van der Waals surface area contributed by atoms with Crippen LogP contribution in [0.15, 0.2) is 34.9 Å². The predicted octanol–water partition coefficient (Wildman–Crippen LogP) is 2.62. The Balaban J connectivity index is 2.17. The van der Waals surface area contributed by atoms with E-state index in [0.717, 1.165) is 5.56 Å². The van der Waals surface area contributed by atoms with Gasteiger partial charge in [0.05, 0.1) is 0 Å². The Bertz CT molecular complexity index is 521. The van der Waals surface area contributed by atoms with Crippen molar-refractivity contribution in [3.63, 3.8) is 0 Å². The molecule has 82 valence electrons. The Hall–Kier alpha value is -1.81. The van der Waals surface area contributed by atoms with Crippen LogP contribution in [-0.2, 0) is 6.42 Å². The molecule has 1 aromatic carbocycles. The molecular formula is C11H8ClNO3. The molecular weight excluding hydrogens is 230 g/mol. The lowest BCUT2D eigenvalue weighted by Crippen LogP contribution is -1.94. The van der Waals surface area contributed by atoms with Crippen LogP contribution in [-0.4, -0.2) is 16.2 Å². The van der Waals surface area contributed by atoms with Crippen LogP contribution in [0.5, 0.6) is 0 Å². The zero-order valence-corrected chi connectivity index (χ0v) is 8.94. The van der Waals surface area contributed by atoms with Crippen molar-refractivity contribution in [1.82, 2.24) is 5.16 Å². The molecule has 0 saturated carbocycles. The zero-order valence-electron chi connectivity index (χ0n) is 8.18. The van der Waals surface area contributed by atoms with E-state index in [2.05, 4.69) is 5.16 Å². The fourth-order valence-corrected chi connectivity index (χ4v) is 1.56. The summed E-state index contributed by atoms with van der Waals surface area (Å²) in [6.07, 6.45) is 0.473. The number of aromatic nitrogens is 1. The number of rotatable bonds is 3.